The Kier molecular flexibility index (Phi) is 3.12. The number of Topliss-reactive ketones (excluding diaryl/α,β-unsaturated/α-hetero) is 1. The Bertz CT molecular complexity index is 439. The van der Waals surface area contributed by atoms with Crippen molar-refractivity contribution in [3.05, 3.63) is 17.5 Å². The Balaban J connectivity index is 2.09. The fraction of sp³-hybridized carbons (Fsp3) is 0.545. The molecular weight excluding hydrogens is 222 g/mol. The van der Waals surface area contributed by atoms with E-state index in [4.69, 9.17) is 4.74 Å². The van der Waals surface area contributed by atoms with Gasteiger partial charge in [-0.3, -0.25) is 9.89 Å². The van der Waals surface area contributed by atoms with Gasteiger partial charge in [-0.05, 0) is 6.42 Å². The van der Waals surface area contributed by atoms with Crippen molar-refractivity contribution in [2.75, 3.05) is 14.1 Å². The first-order valence-corrected chi connectivity index (χ1v) is 5.51. The molecule has 1 aliphatic rings. The number of fused-ring (bicyclic) bond motifs is 1. The highest BCUT2D eigenvalue weighted by molar-refractivity contribution is 5.97. The second kappa shape index (κ2) is 4.57. The molecule has 1 aromatic heterocycles. The second-order valence-corrected chi connectivity index (χ2v) is 4.33. The first-order valence-electron chi connectivity index (χ1n) is 5.51. The van der Waals surface area contributed by atoms with Gasteiger partial charge >= 0.3 is 6.09 Å². The van der Waals surface area contributed by atoms with Gasteiger partial charge in [0.2, 0.25) is 0 Å². The molecule has 17 heavy (non-hydrogen) atoms. The standard InChI is InChI=1S/C11H15N3O3/c1-14(2)11(16)17-7-3-4-10(15)8-6-12-13-9(8)5-7/h6-7H,3-5H2,1-2H3,(H,12,13). The number of hydrogen-bond acceptors (Lipinski definition) is 4. The molecule has 2 rings (SSSR count). The van der Waals surface area contributed by atoms with Gasteiger partial charge in [0.15, 0.2) is 5.78 Å². The van der Waals surface area contributed by atoms with Gasteiger partial charge in [-0.2, -0.15) is 5.10 Å². The van der Waals surface area contributed by atoms with Crippen LogP contribution in [0.3, 0.4) is 0 Å². The molecule has 0 aliphatic heterocycles. The molecule has 1 atom stereocenters. The number of carbonyl (C=O) groups excluding carboxylic acids is 2. The van der Waals surface area contributed by atoms with Crippen LogP contribution in [0.1, 0.15) is 28.9 Å². The topological polar surface area (TPSA) is 75.3 Å². The van der Waals surface area contributed by atoms with E-state index in [1.54, 1.807) is 14.1 Å². The third-order valence-corrected chi connectivity index (χ3v) is 2.78. The molecule has 1 amide bonds. The molecule has 0 radical (unpaired) electrons. The monoisotopic (exact) mass is 237 g/mol. The maximum absolute atomic E-state index is 11.7. The summed E-state index contributed by atoms with van der Waals surface area (Å²) in [5.74, 6) is 0.0529. The van der Waals surface area contributed by atoms with Gasteiger partial charge in [-0.1, -0.05) is 0 Å². The third-order valence-electron chi connectivity index (χ3n) is 2.78. The summed E-state index contributed by atoms with van der Waals surface area (Å²) in [7, 11) is 3.26. The van der Waals surface area contributed by atoms with Crippen molar-refractivity contribution >= 4 is 11.9 Å². The molecule has 1 unspecified atom stereocenters. The average molecular weight is 237 g/mol. The Morgan fingerprint density at radius 1 is 1.59 bits per heavy atom. The Morgan fingerprint density at radius 3 is 3.06 bits per heavy atom. The lowest BCUT2D eigenvalue weighted by Crippen LogP contribution is -2.29. The van der Waals surface area contributed by atoms with E-state index in [1.807, 2.05) is 0 Å². The van der Waals surface area contributed by atoms with E-state index in [1.165, 1.54) is 11.1 Å². The summed E-state index contributed by atoms with van der Waals surface area (Å²) < 4.78 is 5.29. The minimum Gasteiger partial charge on any atom is -0.446 e. The van der Waals surface area contributed by atoms with E-state index < -0.39 is 0 Å². The summed E-state index contributed by atoms with van der Waals surface area (Å²) in [4.78, 5) is 24.5. The zero-order chi connectivity index (χ0) is 12.4. The molecule has 0 saturated heterocycles. The first-order chi connectivity index (χ1) is 8.08. The second-order valence-electron chi connectivity index (χ2n) is 4.33. The number of ether oxygens (including phenoxy) is 1. The minimum absolute atomic E-state index is 0.0529. The lowest BCUT2D eigenvalue weighted by atomic mass is 10.1. The minimum atomic E-state index is -0.384. The number of nitrogens with one attached hydrogen (secondary N) is 1. The third kappa shape index (κ3) is 2.46. The zero-order valence-corrected chi connectivity index (χ0v) is 9.90. The van der Waals surface area contributed by atoms with Gasteiger partial charge < -0.3 is 9.64 Å². The molecule has 1 aromatic rings. The highest BCUT2D eigenvalue weighted by atomic mass is 16.6. The Hall–Kier alpha value is -1.85. The van der Waals surface area contributed by atoms with Crippen LogP contribution in [-0.4, -0.2) is 47.2 Å². The molecular formula is C11H15N3O3. The highest BCUT2D eigenvalue weighted by Gasteiger charge is 2.26. The highest BCUT2D eigenvalue weighted by Crippen LogP contribution is 2.20. The summed E-state index contributed by atoms with van der Waals surface area (Å²) in [5.41, 5.74) is 1.37. The fourth-order valence-electron chi connectivity index (χ4n) is 1.81. The number of H-pyrrole nitrogens is 1. The van der Waals surface area contributed by atoms with Crippen LogP contribution in [0.25, 0.3) is 0 Å². The molecule has 0 fully saturated rings. The van der Waals surface area contributed by atoms with Gasteiger partial charge in [0.1, 0.15) is 6.10 Å². The molecule has 0 spiro atoms. The van der Waals surface area contributed by atoms with Crippen LogP contribution in [0.5, 0.6) is 0 Å². The summed E-state index contributed by atoms with van der Waals surface area (Å²) in [6, 6.07) is 0. The molecule has 6 nitrogen and oxygen atoms in total. The number of aromatic amines is 1. The van der Waals surface area contributed by atoms with E-state index in [2.05, 4.69) is 10.2 Å². The van der Waals surface area contributed by atoms with Crippen LogP contribution in [-0.2, 0) is 11.2 Å². The molecule has 1 N–H and O–H groups in total. The van der Waals surface area contributed by atoms with E-state index in [9.17, 15) is 9.59 Å². The van der Waals surface area contributed by atoms with Crippen molar-refractivity contribution in [2.24, 2.45) is 0 Å². The van der Waals surface area contributed by atoms with Gasteiger partial charge in [0, 0.05) is 32.6 Å². The predicted octanol–water partition coefficient (Wildman–Crippen LogP) is 0.995. The van der Waals surface area contributed by atoms with Gasteiger partial charge in [0.05, 0.1) is 11.8 Å². The summed E-state index contributed by atoms with van der Waals surface area (Å²) in [6.45, 7) is 0. The normalized spacial score (nSPS) is 19.4. The van der Waals surface area contributed by atoms with E-state index in [0.29, 0.717) is 24.8 Å². The maximum Gasteiger partial charge on any atom is 0.409 e. The number of nitrogens with zero attached hydrogens (tertiary/aromatic N) is 2. The van der Waals surface area contributed by atoms with Crippen molar-refractivity contribution in [1.29, 1.82) is 0 Å². The Morgan fingerprint density at radius 2 is 2.35 bits per heavy atom. The van der Waals surface area contributed by atoms with Crippen LogP contribution < -0.4 is 0 Å². The van der Waals surface area contributed by atoms with Crippen LogP contribution >= 0.6 is 0 Å². The molecule has 1 heterocycles. The van der Waals surface area contributed by atoms with Crippen LogP contribution in [0.15, 0.2) is 6.20 Å². The van der Waals surface area contributed by atoms with E-state index in [0.717, 1.165) is 5.69 Å². The molecule has 1 aliphatic carbocycles. The first kappa shape index (κ1) is 11.6. The van der Waals surface area contributed by atoms with Crippen LogP contribution in [0.4, 0.5) is 4.79 Å². The number of aromatic nitrogens is 2. The molecule has 92 valence electrons. The smallest absolute Gasteiger partial charge is 0.409 e. The summed E-state index contributed by atoms with van der Waals surface area (Å²) in [6.07, 6.45) is 2.34. The van der Waals surface area contributed by atoms with Gasteiger partial charge in [-0.15, -0.1) is 0 Å². The quantitative estimate of drug-likeness (QED) is 0.739. The molecule has 6 heteroatoms. The summed E-state index contributed by atoms with van der Waals surface area (Å²) >= 11 is 0. The number of amides is 1. The van der Waals surface area contributed by atoms with E-state index >= 15 is 0 Å². The fourth-order valence-corrected chi connectivity index (χ4v) is 1.81. The average Bonchev–Trinajstić information content (AvgIpc) is 2.68. The van der Waals surface area contributed by atoms with Crippen molar-refractivity contribution in [1.82, 2.24) is 15.1 Å². The number of ketones is 1. The van der Waals surface area contributed by atoms with Gasteiger partial charge in [-0.25, -0.2) is 4.79 Å². The van der Waals surface area contributed by atoms with Gasteiger partial charge in [0.25, 0.3) is 0 Å². The van der Waals surface area contributed by atoms with Crippen molar-refractivity contribution in [3.8, 4) is 0 Å². The maximum atomic E-state index is 11.7. The van der Waals surface area contributed by atoms with Crippen molar-refractivity contribution in [3.63, 3.8) is 0 Å². The molecule has 0 saturated carbocycles. The Labute approximate surface area is 98.9 Å². The number of rotatable bonds is 1. The van der Waals surface area contributed by atoms with Crippen molar-refractivity contribution < 1.29 is 14.3 Å². The SMILES string of the molecule is CN(C)C(=O)OC1CCC(=O)c2cn[nH]c2C1. The van der Waals surface area contributed by atoms with Crippen LogP contribution in [0, 0.1) is 0 Å². The lowest BCUT2D eigenvalue weighted by Gasteiger charge is -2.18. The zero-order valence-electron chi connectivity index (χ0n) is 9.90. The number of hydrogen-bond donors (Lipinski definition) is 1. The number of carbonyl (C=O) groups is 2. The molecule has 0 aromatic carbocycles. The van der Waals surface area contributed by atoms with Crippen molar-refractivity contribution in [2.45, 2.75) is 25.4 Å². The van der Waals surface area contributed by atoms with Crippen LogP contribution in [0.2, 0.25) is 0 Å². The summed E-state index contributed by atoms with van der Waals surface area (Å²) in [5, 5.41) is 6.63. The van der Waals surface area contributed by atoms with E-state index in [-0.39, 0.29) is 18.0 Å². The molecule has 0 bridgehead atoms. The lowest BCUT2D eigenvalue weighted by molar-refractivity contribution is 0.0679. The predicted molar refractivity (Wildman–Crippen MR) is 59.8 cm³/mol. The largest absolute Gasteiger partial charge is 0.446 e.